The Hall–Kier alpha value is -0.800. The van der Waals surface area contributed by atoms with E-state index in [1.54, 1.807) is 6.20 Å². The van der Waals surface area contributed by atoms with Crippen molar-refractivity contribution in [3.05, 3.63) is 22.8 Å². The summed E-state index contributed by atoms with van der Waals surface area (Å²) in [4.78, 5) is 6.91. The lowest BCUT2D eigenvalue weighted by atomic mass is 9.83. The summed E-state index contributed by atoms with van der Waals surface area (Å²) in [7, 11) is 0. The molecular weight excluding hydrogens is 270 g/mol. The number of halogens is 1. The van der Waals surface area contributed by atoms with E-state index in [9.17, 15) is 0 Å². The maximum atomic E-state index is 6.26. The van der Waals surface area contributed by atoms with Gasteiger partial charge in [-0.3, -0.25) is 0 Å². The summed E-state index contributed by atoms with van der Waals surface area (Å²) in [6.45, 7) is 7.75. The highest BCUT2D eigenvalue weighted by atomic mass is 35.5. The van der Waals surface area contributed by atoms with Crippen LogP contribution in [0.5, 0.6) is 0 Å². The molecule has 20 heavy (non-hydrogen) atoms. The summed E-state index contributed by atoms with van der Waals surface area (Å²) in [5.74, 6) is 1.08. The molecule has 1 aromatic heterocycles. The van der Waals surface area contributed by atoms with Crippen LogP contribution in [-0.2, 0) is 6.54 Å². The van der Waals surface area contributed by atoms with Crippen LogP contribution in [0.3, 0.4) is 0 Å². The van der Waals surface area contributed by atoms with Gasteiger partial charge in [0.1, 0.15) is 5.82 Å². The fraction of sp³-hybridized carbons (Fsp3) is 0.688. The second kappa shape index (κ2) is 5.53. The minimum absolute atomic E-state index is 0.472. The normalized spacial score (nSPS) is 22.1. The molecule has 1 N–H and O–H groups in total. The predicted molar refractivity (Wildman–Crippen MR) is 84.3 cm³/mol. The van der Waals surface area contributed by atoms with E-state index >= 15 is 0 Å². The molecule has 0 aromatic carbocycles. The lowest BCUT2D eigenvalue weighted by Gasteiger charge is -2.37. The monoisotopic (exact) mass is 293 g/mol. The molecule has 2 heterocycles. The average molecular weight is 294 g/mol. The SMILES string of the molecule is CC1(C)CCN(c2cc(CNC3CC3)c(Cl)cn2)CC1. The Morgan fingerprint density at radius 2 is 2.05 bits per heavy atom. The third kappa shape index (κ3) is 3.44. The van der Waals surface area contributed by atoms with Crippen molar-refractivity contribution in [2.45, 2.75) is 52.1 Å². The van der Waals surface area contributed by atoms with Crippen LogP contribution < -0.4 is 10.2 Å². The van der Waals surface area contributed by atoms with E-state index in [4.69, 9.17) is 11.6 Å². The van der Waals surface area contributed by atoms with Crippen molar-refractivity contribution in [3.63, 3.8) is 0 Å². The Kier molecular flexibility index (Phi) is 3.91. The van der Waals surface area contributed by atoms with Gasteiger partial charge in [0.2, 0.25) is 0 Å². The Bertz CT molecular complexity index is 473. The number of hydrogen-bond acceptors (Lipinski definition) is 3. The topological polar surface area (TPSA) is 28.2 Å². The second-order valence-electron chi connectivity index (χ2n) is 6.94. The Morgan fingerprint density at radius 1 is 1.35 bits per heavy atom. The van der Waals surface area contributed by atoms with Gasteiger partial charge in [-0.05, 0) is 42.7 Å². The van der Waals surface area contributed by atoms with Gasteiger partial charge < -0.3 is 10.2 Å². The van der Waals surface area contributed by atoms with Crippen LogP contribution in [0.2, 0.25) is 5.02 Å². The van der Waals surface area contributed by atoms with Crippen molar-refractivity contribution in [3.8, 4) is 0 Å². The molecule has 1 aliphatic carbocycles. The quantitative estimate of drug-likeness (QED) is 0.919. The first kappa shape index (κ1) is 14.2. The molecule has 3 rings (SSSR count). The van der Waals surface area contributed by atoms with Gasteiger partial charge in [-0.15, -0.1) is 0 Å². The zero-order valence-electron chi connectivity index (χ0n) is 12.5. The molecule has 2 fully saturated rings. The lowest BCUT2D eigenvalue weighted by Crippen LogP contribution is -2.37. The minimum Gasteiger partial charge on any atom is -0.357 e. The summed E-state index contributed by atoms with van der Waals surface area (Å²) >= 11 is 6.26. The van der Waals surface area contributed by atoms with Gasteiger partial charge >= 0.3 is 0 Å². The molecule has 1 saturated carbocycles. The highest BCUT2D eigenvalue weighted by molar-refractivity contribution is 6.31. The molecule has 0 atom stereocenters. The maximum absolute atomic E-state index is 6.26. The van der Waals surface area contributed by atoms with Gasteiger partial charge in [0.05, 0.1) is 5.02 Å². The van der Waals surface area contributed by atoms with Crippen LogP contribution >= 0.6 is 11.6 Å². The van der Waals surface area contributed by atoms with E-state index in [0.717, 1.165) is 30.5 Å². The third-order valence-electron chi connectivity index (χ3n) is 4.52. The average Bonchev–Trinajstić information content (AvgIpc) is 3.22. The largest absolute Gasteiger partial charge is 0.357 e. The van der Waals surface area contributed by atoms with Crippen molar-refractivity contribution in [1.29, 1.82) is 0 Å². The molecule has 2 aliphatic rings. The van der Waals surface area contributed by atoms with Gasteiger partial charge in [-0.2, -0.15) is 0 Å². The van der Waals surface area contributed by atoms with E-state index in [2.05, 4.69) is 35.1 Å². The van der Waals surface area contributed by atoms with Crippen LogP contribution in [0, 0.1) is 5.41 Å². The molecule has 1 aliphatic heterocycles. The highest BCUT2D eigenvalue weighted by Gasteiger charge is 2.26. The summed E-state index contributed by atoms with van der Waals surface area (Å²) in [6, 6.07) is 2.87. The maximum Gasteiger partial charge on any atom is 0.128 e. The summed E-state index contributed by atoms with van der Waals surface area (Å²) in [5, 5.41) is 4.30. The lowest BCUT2D eigenvalue weighted by molar-refractivity contribution is 0.279. The number of anilines is 1. The van der Waals surface area contributed by atoms with Crippen molar-refractivity contribution in [2.75, 3.05) is 18.0 Å². The first-order valence-corrected chi connectivity index (χ1v) is 8.04. The molecule has 0 spiro atoms. The standard InChI is InChI=1S/C16H24ClN3/c1-16(2)5-7-20(8-6-16)15-9-12(14(17)11-19-15)10-18-13-3-4-13/h9,11,13,18H,3-8,10H2,1-2H3. The number of piperidine rings is 1. The number of aromatic nitrogens is 1. The molecular formula is C16H24ClN3. The number of nitrogens with one attached hydrogen (secondary N) is 1. The zero-order valence-corrected chi connectivity index (χ0v) is 13.2. The second-order valence-corrected chi connectivity index (χ2v) is 7.35. The van der Waals surface area contributed by atoms with Crippen molar-refractivity contribution >= 4 is 17.4 Å². The van der Waals surface area contributed by atoms with Gasteiger partial charge in [-0.1, -0.05) is 25.4 Å². The molecule has 1 saturated heterocycles. The summed E-state index contributed by atoms with van der Waals surface area (Å²) in [6.07, 6.45) is 6.87. The van der Waals surface area contributed by atoms with Crippen molar-refractivity contribution < 1.29 is 0 Å². The molecule has 0 bridgehead atoms. The van der Waals surface area contributed by atoms with Crippen LogP contribution in [-0.4, -0.2) is 24.1 Å². The van der Waals surface area contributed by atoms with E-state index in [1.807, 2.05) is 0 Å². The molecule has 0 unspecified atom stereocenters. The van der Waals surface area contributed by atoms with Crippen molar-refractivity contribution in [1.82, 2.24) is 10.3 Å². The van der Waals surface area contributed by atoms with E-state index < -0.39 is 0 Å². The number of nitrogens with zero attached hydrogens (tertiary/aromatic N) is 2. The number of pyridine rings is 1. The predicted octanol–water partition coefficient (Wildman–Crippen LogP) is 3.61. The minimum atomic E-state index is 0.472. The van der Waals surface area contributed by atoms with Gasteiger partial charge in [0.25, 0.3) is 0 Å². The highest BCUT2D eigenvalue weighted by Crippen LogP contribution is 2.32. The van der Waals surface area contributed by atoms with E-state index in [0.29, 0.717) is 11.5 Å². The molecule has 4 heteroatoms. The molecule has 0 radical (unpaired) electrons. The van der Waals surface area contributed by atoms with E-state index in [1.165, 1.54) is 31.2 Å². The first-order chi connectivity index (χ1) is 9.53. The van der Waals surface area contributed by atoms with Gasteiger partial charge in [-0.25, -0.2) is 4.98 Å². The molecule has 0 amide bonds. The van der Waals surface area contributed by atoms with Gasteiger partial charge in [0.15, 0.2) is 0 Å². The van der Waals surface area contributed by atoms with Crippen molar-refractivity contribution in [2.24, 2.45) is 5.41 Å². The molecule has 1 aromatic rings. The number of rotatable bonds is 4. The zero-order chi connectivity index (χ0) is 14.2. The number of hydrogen-bond donors (Lipinski definition) is 1. The summed E-state index contributed by atoms with van der Waals surface area (Å²) < 4.78 is 0. The Labute approximate surface area is 126 Å². The fourth-order valence-electron chi connectivity index (χ4n) is 2.66. The first-order valence-electron chi connectivity index (χ1n) is 7.66. The Morgan fingerprint density at radius 3 is 2.70 bits per heavy atom. The van der Waals surface area contributed by atoms with Gasteiger partial charge in [0, 0.05) is 31.9 Å². The third-order valence-corrected chi connectivity index (χ3v) is 4.86. The van der Waals surface area contributed by atoms with Crippen LogP contribution in [0.4, 0.5) is 5.82 Å². The van der Waals surface area contributed by atoms with Crippen LogP contribution in [0.25, 0.3) is 0 Å². The van der Waals surface area contributed by atoms with Crippen LogP contribution in [0.15, 0.2) is 12.3 Å². The molecule has 110 valence electrons. The Balaban J connectivity index is 1.68. The van der Waals surface area contributed by atoms with Crippen LogP contribution in [0.1, 0.15) is 45.1 Å². The van der Waals surface area contributed by atoms with E-state index in [-0.39, 0.29) is 0 Å². The smallest absolute Gasteiger partial charge is 0.128 e. The summed E-state index contributed by atoms with van der Waals surface area (Å²) in [5.41, 5.74) is 1.65. The molecule has 3 nitrogen and oxygen atoms in total. The fourth-order valence-corrected chi connectivity index (χ4v) is 2.83.